The van der Waals surface area contributed by atoms with Crippen molar-refractivity contribution in [1.82, 2.24) is 0 Å². The highest BCUT2D eigenvalue weighted by atomic mass is 35.5. The first-order chi connectivity index (χ1) is 12.4. The fourth-order valence-electron chi connectivity index (χ4n) is 2.23. The molecule has 0 aliphatic carbocycles. The highest BCUT2D eigenvalue weighted by Gasteiger charge is 2.14. The number of amides is 1. The number of carbonyl (C=O) groups is 1. The van der Waals surface area contributed by atoms with Crippen LogP contribution in [0.1, 0.15) is 21.9 Å². The van der Waals surface area contributed by atoms with E-state index in [9.17, 15) is 4.79 Å². The lowest BCUT2D eigenvalue weighted by molar-refractivity contribution is 0.0992. The molecule has 0 unspecified atom stereocenters. The average Bonchev–Trinajstić information content (AvgIpc) is 3.08. The number of ether oxygens (including phenoxy) is 1. The number of carbonyl (C=O) groups excluding carboxylic acids is 1. The lowest BCUT2D eigenvalue weighted by Gasteiger charge is -2.08. The van der Waals surface area contributed by atoms with Gasteiger partial charge in [-0.3, -0.25) is 4.79 Å². The summed E-state index contributed by atoms with van der Waals surface area (Å²) in [7, 11) is 0. The molecule has 2 aromatic carbocycles. The first-order valence-electron chi connectivity index (χ1n) is 7.67. The third-order valence-electron chi connectivity index (χ3n) is 3.62. The van der Waals surface area contributed by atoms with Crippen molar-refractivity contribution in [1.29, 1.82) is 0 Å². The number of anilines is 1. The van der Waals surface area contributed by atoms with Crippen LogP contribution in [0.5, 0.6) is 5.75 Å². The fourth-order valence-corrected chi connectivity index (χ4v) is 2.75. The predicted molar refractivity (Wildman–Crippen MR) is 104 cm³/mol. The summed E-state index contributed by atoms with van der Waals surface area (Å²) < 4.78 is 11.1. The standard InChI is InChI=1S/C19H14Cl3NO3/c1-11-5-6-12(20)9-15(11)23-19(24)17-8-7-13(26-17)10-25-16-4-2-3-14(21)18(16)22/h2-9H,10H2,1H3,(H,23,24). The third-order valence-corrected chi connectivity index (χ3v) is 4.66. The summed E-state index contributed by atoms with van der Waals surface area (Å²) in [6, 6.07) is 13.6. The molecule has 0 bridgehead atoms. The summed E-state index contributed by atoms with van der Waals surface area (Å²) in [6.45, 7) is 1.99. The molecule has 1 amide bonds. The van der Waals surface area contributed by atoms with Crippen LogP contribution in [0.2, 0.25) is 15.1 Å². The van der Waals surface area contributed by atoms with Crippen LogP contribution in [0.25, 0.3) is 0 Å². The van der Waals surface area contributed by atoms with Crippen molar-refractivity contribution in [3.05, 3.63) is 80.7 Å². The zero-order valence-corrected chi connectivity index (χ0v) is 16.0. The van der Waals surface area contributed by atoms with Crippen molar-refractivity contribution in [3.8, 4) is 5.75 Å². The molecule has 0 aliphatic heterocycles. The number of hydrogen-bond acceptors (Lipinski definition) is 3. The van der Waals surface area contributed by atoms with E-state index in [4.69, 9.17) is 44.0 Å². The first-order valence-corrected chi connectivity index (χ1v) is 8.80. The molecule has 134 valence electrons. The van der Waals surface area contributed by atoms with E-state index in [1.807, 2.05) is 13.0 Å². The molecule has 1 aromatic heterocycles. The minimum atomic E-state index is -0.373. The van der Waals surface area contributed by atoms with Crippen LogP contribution in [0.3, 0.4) is 0 Å². The molecule has 4 nitrogen and oxygen atoms in total. The van der Waals surface area contributed by atoms with Crippen LogP contribution in [0, 0.1) is 6.92 Å². The summed E-state index contributed by atoms with van der Waals surface area (Å²) in [6.07, 6.45) is 0. The van der Waals surface area contributed by atoms with Gasteiger partial charge in [0.15, 0.2) is 5.76 Å². The molecule has 1 heterocycles. The maximum Gasteiger partial charge on any atom is 0.291 e. The van der Waals surface area contributed by atoms with E-state index in [-0.39, 0.29) is 18.3 Å². The first kappa shape index (κ1) is 18.6. The van der Waals surface area contributed by atoms with Crippen molar-refractivity contribution < 1.29 is 13.9 Å². The third kappa shape index (κ3) is 4.33. The van der Waals surface area contributed by atoms with Gasteiger partial charge in [-0.2, -0.15) is 0 Å². The Morgan fingerprint density at radius 2 is 1.92 bits per heavy atom. The molecule has 26 heavy (non-hydrogen) atoms. The summed E-state index contributed by atoms with van der Waals surface area (Å²) in [5.41, 5.74) is 1.52. The lowest BCUT2D eigenvalue weighted by atomic mass is 10.2. The Bertz CT molecular complexity index is 953. The van der Waals surface area contributed by atoms with E-state index in [0.717, 1.165) is 5.56 Å². The summed E-state index contributed by atoms with van der Waals surface area (Å²) >= 11 is 18.0. The normalized spacial score (nSPS) is 10.6. The number of hydrogen-bond donors (Lipinski definition) is 1. The zero-order chi connectivity index (χ0) is 18.7. The van der Waals surface area contributed by atoms with E-state index >= 15 is 0 Å². The van der Waals surface area contributed by atoms with Crippen molar-refractivity contribution in [2.75, 3.05) is 5.32 Å². The number of nitrogens with one attached hydrogen (secondary N) is 1. The van der Waals surface area contributed by atoms with Gasteiger partial charge in [0.25, 0.3) is 5.91 Å². The number of benzene rings is 2. The van der Waals surface area contributed by atoms with Crippen molar-refractivity contribution in [2.24, 2.45) is 0 Å². The Morgan fingerprint density at radius 3 is 2.73 bits per heavy atom. The second-order valence-corrected chi connectivity index (χ2v) is 6.74. The van der Waals surface area contributed by atoms with Gasteiger partial charge in [0.1, 0.15) is 23.1 Å². The number of rotatable bonds is 5. The molecule has 0 radical (unpaired) electrons. The highest BCUT2D eigenvalue weighted by Crippen LogP contribution is 2.32. The van der Waals surface area contributed by atoms with E-state index in [0.29, 0.717) is 32.3 Å². The Labute approximate surface area is 165 Å². The van der Waals surface area contributed by atoms with Crippen molar-refractivity contribution >= 4 is 46.4 Å². The Morgan fingerprint density at radius 1 is 1.12 bits per heavy atom. The van der Waals surface area contributed by atoms with Gasteiger partial charge < -0.3 is 14.5 Å². The van der Waals surface area contributed by atoms with Crippen LogP contribution >= 0.6 is 34.8 Å². The quantitative estimate of drug-likeness (QED) is 0.531. The maximum atomic E-state index is 12.3. The molecular formula is C19H14Cl3NO3. The smallest absolute Gasteiger partial charge is 0.291 e. The highest BCUT2D eigenvalue weighted by molar-refractivity contribution is 6.42. The minimum absolute atomic E-state index is 0.115. The Balaban J connectivity index is 1.66. The lowest BCUT2D eigenvalue weighted by Crippen LogP contribution is -2.11. The molecule has 0 spiro atoms. The molecule has 0 aliphatic rings. The molecule has 0 saturated carbocycles. The van der Waals surface area contributed by atoms with Crippen LogP contribution in [0.15, 0.2) is 52.9 Å². The van der Waals surface area contributed by atoms with E-state index < -0.39 is 0 Å². The second kappa shape index (κ2) is 8.04. The SMILES string of the molecule is Cc1ccc(Cl)cc1NC(=O)c1ccc(COc2cccc(Cl)c2Cl)o1. The maximum absolute atomic E-state index is 12.3. The Hall–Kier alpha value is -2.14. The zero-order valence-electron chi connectivity index (χ0n) is 13.7. The van der Waals surface area contributed by atoms with Crippen molar-refractivity contribution in [3.63, 3.8) is 0 Å². The minimum Gasteiger partial charge on any atom is -0.484 e. The molecule has 7 heteroatoms. The van der Waals surface area contributed by atoms with Gasteiger partial charge in [0.05, 0.1) is 5.02 Å². The molecule has 0 saturated heterocycles. The van der Waals surface area contributed by atoms with Gasteiger partial charge in [-0.05, 0) is 48.9 Å². The van der Waals surface area contributed by atoms with E-state index in [1.54, 1.807) is 42.5 Å². The van der Waals surface area contributed by atoms with Gasteiger partial charge in [0.2, 0.25) is 0 Å². The van der Waals surface area contributed by atoms with Gasteiger partial charge in [0, 0.05) is 10.7 Å². The van der Waals surface area contributed by atoms with Crippen LogP contribution in [-0.4, -0.2) is 5.91 Å². The summed E-state index contributed by atoms with van der Waals surface area (Å²) in [4.78, 5) is 12.3. The van der Waals surface area contributed by atoms with E-state index in [2.05, 4.69) is 5.32 Å². The van der Waals surface area contributed by atoms with Gasteiger partial charge >= 0.3 is 0 Å². The molecule has 0 atom stereocenters. The largest absolute Gasteiger partial charge is 0.484 e. The number of aryl methyl sites for hydroxylation is 1. The molecule has 3 aromatic rings. The van der Waals surface area contributed by atoms with E-state index in [1.165, 1.54) is 0 Å². The second-order valence-electron chi connectivity index (χ2n) is 5.52. The van der Waals surface area contributed by atoms with Crippen LogP contribution < -0.4 is 10.1 Å². The topological polar surface area (TPSA) is 51.5 Å². The number of furan rings is 1. The monoisotopic (exact) mass is 409 g/mol. The fraction of sp³-hybridized carbons (Fsp3) is 0.105. The average molecular weight is 411 g/mol. The van der Waals surface area contributed by atoms with Crippen LogP contribution in [-0.2, 0) is 6.61 Å². The summed E-state index contributed by atoms with van der Waals surface area (Å²) in [5, 5.41) is 4.05. The number of halogens is 3. The molecule has 3 rings (SSSR count). The molecule has 0 fully saturated rings. The van der Waals surface area contributed by atoms with Gasteiger partial charge in [-0.1, -0.05) is 46.9 Å². The van der Waals surface area contributed by atoms with Crippen molar-refractivity contribution in [2.45, 2.75) is 13.5 Å². The molecule has 1 N–H and O–H groups in total. The molecular weight excluding hydrogens is 397 g/mol. The van der Waals surface area contributed by atoms with Gasteiger partial charge in [-0.25, -0.2) is 0 Å². The summed E-state index contributed by atoms with van der Waals surface area (Å²) in [5.74, 6) is 0.715. The Kier molecular flexibility index (Phi) is 5.77. The van der Waals surface area contributed by atoms with Gasteiger partial charge in [-0.15, -0.1) is 0 Å². The predicted octanol–water partition coefficient (Wildman–Crippen LogP) is 6.38. The van der Waals surface area contributed by atoms with Crippen LogP contribution in [0.4, 0.5) is 5.69 Å².